The van der Waals surface area contributed by atoms with Crippen LogP contribution in [-0.4, -0.2) is 7.11 Å². The van der Waals surface area contributed by atoms with E-state index in [1.165, 1.54) is 5.56 Å². The van der Waals surface area contributed by atoms with E-state index in [9.17, 15) is 0 Å². The standard InChI is InChI=1S/C16H15BrN2O/c1-20-14-8-4-12(5-9-14)16-10-15(18-19-16)11-2-6-13(17)7-3-11/h2-10,15,18-19H,1H3. The molecule has 102 valence electrons. The Morgan fingerprint density at radius 3 is 2.35 bits per heavy atom. The van der Waals surface area contributed by atoms with Crippen LogP contribution in [0.1, 0.15) is 17.2 Å². The molecule has 2 aromatic carbocycles. The molecule has 20 heavy (non-hydrogen) atoms. The van der Waals surface area contributed by atoms with E-state index >= 15 is 0 Å². The summed E-state index contributed by atoms with van der Waals surface area (Å²) in [5, 5.41) is 0. The third-order valence-electron chi connectivity index (χ3n) is 3.33. The third-order valence-corrected chi connectivity index (χ3v) is 3.85. The van der Waals surface area contributed by atoms with Crippen LogP contribution >= 0.6 is 15.9 Å². The first-order valence-electron chi connectivity index (χ1n) is 6.39. The van der Waals surface area contributed by atoms with Crippen molar-refractivity contribution in [3.05, 3.63) is 70.2 Å². The number of benzene rings is 2. The van der Waals surface area contributed by atoms with E-state index in [1.54, 1.807) is 7.11 Å². The summed E-state index contributed by atoms with van der Waals surface area (Å²) in [4.78, 5) is 0. The molecule has 1 unspecified atom stereocenters. The number of halogens is 1. The maximum atomic E-state index is 5.17. The molecule has 2 aromatic rings. The Kier molecular flexibility index (Phi) is 3.76. The lowest BCUT2D eigenvalue weighted by atomic mass is 10.1. The van der Waals surface area contributed by atoms with Gasteiger partial charge in [0, 0.05) is 4.47 Å². The Morgan fingerprint density at radius 2 is 1.70 bits per heavy atom. The molecule has 3 nitrogen and oxygen atoms in total. The molecule has 0 bridgehead atoms. The molecule has 0 fully saturated rings. The molecule has 0 aliphatic carbocycles. The smallest absolute Gasteiger partial charge is 0.118 e. The highest BCUT2D eigenvalue weighted by Gasteiger charge is 2.17. The molecule has 1 aliphatic heterocycles. The average molecular weight is 331 g/mol. The van der Waals surface area contributed by atoms with Crippen molar-refractivity contribution < 1.29 is 4.74 Å². The van der Waals surface area contributed by atoms with Crippen LogP contribution in [0.4, 0.5) is 0 Å². The van der Waals surface area contributed by atoms with Crippen LogP contribution in [0.5, 0.6) is 5.75 Å². The van der Waals surface area contributed by atoms with E-state index in [-0.39, 0.29) is 6.04 Å². The first-order valence-corrected chi connectivity index (χ1v) is 7.19. The minimum atomic E-state index is 0.181. The highest BCUT2D eigenvalue weighted by Crippen LogP contribution is 2.26. The molecule has 1 atom stereocenters. The number of ether oxygens (including phenoxy) is 1. The number of hydrogen-bond acceptors (Lipinski definition) is 3. The molecule has 3 rings (SSSR count). The lowest BCUT2D eigenvalue weighted by Gasteiger charge is -2.09. The summed E-state index contributed by atoms with van der Waals surface area (Å²) in [6.45, 7) is 0. The molecule has 2 N–H and O–H groups in total. The van der Waals surface area contributed by atoms with Crippen LogP contribution in [0.3, 0.4) is 0 Å². The molecular formula is C16H15BrN2O. The second kappa shape index (κ2) is 5.69. The van der Waals surface area contributed by atoms with Crippen molar-refractivity contribution >= 4 is 21.6 Å². The van der Waals surface area contributed by atoms with Gasteiger partial charge in [-0.3, -0.25) is 0 Å². The van der Waals surface area contributed by atoms with Gasteiger partial charge in [-0.1, -0.05) is 28.1 Å². The SMILES string of the molecule is COc1ccc(C2=CC(c3ccc(Br)cc3)NN2)cc1. The van der Waals surface area contributed by atoms with Gasteiger partial charge in [-0.25, -0.2) is 5.43 Å². The van der Waals surface area contributed by atoms with Crippen LogP contribution in [-0.2, 0) is 0 Å². The van der Waals surface area contributed by atoms with E-state index in [1.807, 2.05) is 24.3 Å². The largest absolute Gasteiger partial charge is 0.497 e. The fourth-order valence-corrected chi connectivity index (χ4v) is 2.46. The van der Waals surface area contributed by atoms with Crippen LogP contribution in [0.2, 0.25) is 0 Å². The van der Waals surface area contributed by atoms with Gasteiger partial charge in [0.1, 0.15) is 5.75 Å². The third kappa shape index (κ3) is 2.71. The molecular weight excluding hydrogens is 316 g/mol. The summed E-state index contributed by atoms with van der Waals surface area (Å²) in [6.07, 6.45) is 2.19. The minimum Gasteiger partial charge on any atom is -0.497 e. The van der Waals surface area contributed by atoms with Gasteiger partial charge in [0.25, 0.3) is 0 Å². The Labute approximate surface area is 126 Å². The zero-order valence-corrected chi connectivity index (χ0v) is 12.6. The van der Waals surface area contributed by atoms with Gasteiger partial charge in [-0.2, -0.15) is 0 Å². The molecule has 0 saturated carbocycles. The Hall–Kier alpha value is -1.78. The number of nitrogens with one attached hydrogen (secondary N) is 2. The monoisotopic (exact) mass is 330 g/mol. The predicted molar refractivity (Wildman–Crippen MR) is 84.1 cm³/mol. The van der Waals surface area contributed by atoms with Crippen LogP contribution < -0.4 is 15.6 Å². The molecule has 0 saturated heterocycles. The second-order valence-electron chi connectivity index (χ2n) is 4.61. The summed E-state index contributed by atoms with van der Waals surface area (Å²) in [5.41, 5.74) is 9.96. The van der Waals surface area contributed by atoms with Crippen molar-refractivity contribution in [3.63, 3.8) is 0 Å². The summed E-state index contributed by atoms with van der Waals surface area (Å²) in [5.74, 6) is 0.866. The lowest BCUT2D eigenvalue weighted by Crippen LogP contribution is -2.26. The first-order chi connectivity index (χ1) is 9.76. The quantitative estimate of drug-likeness (QED) is 0.901. The average Bonchev–Trinajstić information content (AvgIpc) is 2.98. The zero-order valence-electron chi connectivity index (χ0n) is 11.1. The van der Waals surface area contributed by atoms with E-state index in [4.69, 9.17) is 4.74 Å². The van der Waals surface area contributed by atoms with E-state index in [0.29, 0.717) is 0 Å². The lowest BCUT2D eigenvalue weighted by molar-refractivity contribution is 0.415. The molecule has 0 radical (unpaired) electrons. The number of hydrazine groups is 1. The summed E-state index contributed by atoms with van der Waals surface area (Å²) in [7, 11) is 1.67. The molecule has 0 spiro atoms. The number of rotatable bonds is 3. The van der Waals surface area contributed by atoms with Gasteiger partial charge in [-0.15, -0.1) is 0 Å². The van der Waals surface area contributed by atoms with Crippen molar-refractivity contribution in [1.82, 2.24) is 10.9 Å². The molecule has 0 aromatic heterocycles. The molecule has 1 aliphatic rings. The Morgan fingerprint density at radius 1 is 1.00 bits per heavy atom. The van der Waals surface area contributed by atoms with Gasteiger partial charge in [0.05, 0.1) is 18.8 Å². The first kappa shape index (κ1) is 13.2. The summed E-state index contributed by atoms with van der Waals surface area (Å²) in [6, 6.07) is 16.5. The predicted octanol–water partition coefficient (Wildman–Crippen LogP) is 3.65. The fourth-order valence-electron chi connectivity index (χ4n) is 2.19. The van der Waals surface area contributed by atoms with Crippen molar-refractivity contribution in [1.29, 1.82) is 0 Å². The van der Waals surface area contributed by atoms with E-state index in [0.717, 1.165) is 21.5 Å². The second-order valence-corrected chi connectivity index (χ2v) is 5.52. The van der Waals surface area contributed by atoms with Crippen LogP contribution in [0.15, 0.2) is 59.1 Å². The maximum absolute atomic E-state index is 5.17. The Balaban J connectivity index is 1.81. The zero-order chi connectivity index (χ0) is 13.9. The summed E-state index contributed by atoms with van der Waals surface area (Å²) < 4.78 is 6.26. The van der Waals surface area contributed by atoms with Gasteiger partial charge >= 0.3 is 0 Å². The van der Waals surface area contributed by atoms with Crippen molar-refractivity contribution in [2.24, 2.45) is 0 Å². The molecule has 1 heterocycles. The molecule has 4 heteroatoms. The summed E-state index contributed by atoms with van der Waals surface area (Å²) >= 11 is 3.45. The highest BCUT2D eigenvalue weighted by atomic mass is 79.9. The van der Waals surface area contributed by atoms with Crippen LogP contribution in [0, 0.1) is 0 Å². The highest BCUT2D eigenvalue weighted by molar-refractivity contribution is 9.10. The van der Waals surface area contributed by atoms with Gasteiger partial charge in [0.2, 0.25) is 0 Å². The van der Waals surface area contributed by atoms with Crippen molar-refractivity contribution in [2.45, 2.75) is 6.04 Å². The van der Waals surface area contributed by atoms with Gasteiger partial charge in [-0.05, 0) is 53.6 Å². The number of hydrogen-bond donors (Lipinski definition) is 2. The van der Waals surface area contributed by atoms with Crippen molar-refractivity contribution in [2.75, 3.05) is 7.11 Å². The van der Waals surface area contributed by atoms with Crippen molar-refractivity contribution in [3.8, 4) is 5.75 Å². The fraction of sp³-hybridized carbons (Fsp3) is 0.125. The van der Waals surface area contributed by atoms with E-state index < -0.39 is 0 Å². The van der Waals surface area contributed by atoms with Gasteiger partial charge < -0.3 is 10.2 Å². The minimum absolute atomic E-state index is 0.181. The normalized spacial score (nSPS) is 17.5. The Bertz CT molecular complexity index is 620. The number of methoxy groups -OCH3 is 1. The topological polar surface area (TPSA) is 33.3 Å². The van der Waals surface area contributed by atoms with E-state index in [2.05, 4.69) is 57.1 Å². The van der Waals surface area contributed by atoms with Crippen LogP contribution in [0.25, 0.3) is 5.70 Å². The maximum Gasteiger partial charge on any atom is 0.118 e. The molecule has 0 amide bonds. The van der Waals surface area contributed by atoms with Gasteiger partial charge in [0.15, 0.2) is 0 Å².